The second-order valence-corrected chi connectivity index (χ2v) is 7.22. The molecular weight excluding hydrogens is 322 g/mol. The molecule has 0 spiro atoms. The fourth-order valence-electron chi connectivity index (χ4n) is 2.86. The summed E-state index contributed by atoms with van der Waals surface area (Å²) >= 11 is 1.52. The first kappa shape index (κ1) is 16.5. The minimum Gasteiger partial charge on any atom is -0.376 e. The van der Waals surface area contributed by atoms with Crippen molar-refractivity contribution in [3.63, 3.8) is 0 Å². The smallest absolute Gasteiger partial charge is 0.279 e. The summed E-state index contributed by atoms with van der Waals surface area (Å²) in [6.45, 7) is 4.12. The number of thiophene rings is 1. The van der Waals surface area contributed by atoms with Crippen LogP contribution in [0.15, 0.2) is 24.3 Å². The first-order chi connectivity index (χ1) is 11.5. The summed E-state index contributed by atoms with van der Waals surface area (Å²) < 4.78 is 0. The van der Waals surface area contributed by atoms with Crippen LogP contribution in [0.5, 0.6) is 0 Å². The number of hydrogen-bond acceptors (Lipinski definition) is 4. The van der Waals surface area contributed by atoms with E-state index in [4.69, 9.17) is 0 Å². The maximum atomic E-state index is 12.1. The van der Waals surface area contributed by atoms with Crippen LogP contribution in [-0.2, 0) is 17.6 Å². The van der Waals surface area contributed by atoms with Crippen LogP contribution in [-0.4, -0.2) is 18.4 Å². The van der Waals surface area contributed by atoms with E-state index in [0.29, 0.717) is 4.88 Å². The Morgan fingerprint density at radius 2 is 1.96 bits per heavy atom. The number of nitrogens with one attached hydrogen (secondary N) is 3. The number of anilines is 1. The van der Waals surface area contributed by atoms with Crippen molar-refractivity contribution < 1.29 is 9.59 Å². The molecule has 0 saturated heterocycles. The molecular formula is C18H21N3O2S. The fraction of sp³-hybridized carbons (Fsp3) is 0.333. The van der Waals surface area contributed by atoms with Crippen molar-refractivity contribution >= 4 is 28.8 Å². The predicted molar refractivity (Wildman–Crippen MR) is 96.4 cm³/mol. The largest absolute Gasteiger partial charge is 0.376 e. The first-order valence-electron chi connectivity index (χ1n) is 8.05. The molecule has 5 nitrogen and oxygen atoms in total. The van der Waals surface area contributed by atoms with Gasteiger partial charge in [0.15, 0.2) is 0 Å². The van der Waals surface area contributed by atoms with E-state index in [0.717, 1.165) is 24.1 Å². The zero-order chi connectivity index (χ0) is 17.1. The molecule has 2 amide bonds. The quantitative estimate of drug-likeness (QED) is 0.748. The molecule has 3 rings (SSSR count). The van der Waals surface area contributed by atoms with E-state index in [1.807, 2.05) is 32.0 Å². The van der Waals surface area contributed by atoms with Gasteiger partial charge in [-0.05, 0) is 56.4 Å². The molecule has 1 aliphatic carbocycles. The van der Waals surface area contributed by atoms with Crippen LogP contribution in [0, 0.1) is 13.8 Å². The molecule has 0 unspecified atom stereocenters. The van der Waals surface area contributed by atoms with Crippen molar-refractivity contribution in [2.75, 3.05) is 11.9 Å². The van der Waals surface area contributed by atoms with Crippen LogP contribution >= 0.6 is 11.3 Å². The summed E-state index contributed by atoms with van der Waals surface area (Å²) in [5.41, 5.74) is 9.38. The van der Waals surface area contributed by atoms with Crippen molar-refractivity contribution in [3.05, 3.63) is 50.7 Å². The number of fused-ring (bicyclic) bond motifs is 1. The van der Waals surface area contributed by atoms with Crippen molar-refractivity contribution in [2.45, 2.75) is 33.1 Å². The summed E-state index contributed by atoms with van der Waals surface area (Å²) in [5.74, 6) is -0.540. The van der Waals surface area contributed by atoms with Gasteiger partial charge in [0, 0.05) is 10.6 Å². The Labute approximate surface area is 145 Å². The van der Waals surface area contributed by atoms with Crippen LogP contribution in [0.4, 0.5) is 5.69 Å². The highest BCUT2D eigenvalue weighted by Crippen LogP contribution is 2.30. The molecule has 1 aromatic heterocycles. The molecule has 3 N–H and O–H groups in total. The van der Waals surface area contributed by atoms with E-state index >= 15 is 0 Å². The first-order valence-corrected chi connectivity index (χ1v) is 8.86. The van der Waals surface area contributed by atoms with Crippen molar-refractivity contribution in [1.29, 1.82) is 0 Å². The lowest BCUT2D eigenvalue weighted by Crippen LogP contribution is -2.44. The second kappa shape index (κ2) is 7.05. The van der Waals surface area contributed by atoms with Crippen LogP contribution in [0.25, 0.3) is 0 Å². The Kier molecular flexibility index (Phi) is 4.85. The van der Waals surface area contributed by atoms with Crippen LogP contribution < -0.4 is 16.2 Å². The van der Waals surface area contributed by atoms with E-state index in [1.54, 1.807) is 0 Å². The van der Waals surface area contributed by atoms with E-state index in [9.17, 15) is 9.59 Å². The van der Waals surface area contributed by atoms with Crippen LogP contribution in [0.1, 0.15) is 37.7 Å². The van der Waals surface area contributed by atoms with Crippen molar-refractivity contribution in [1.82, 2.24) is 10.9 Å². The summed E-state index contributed by atoms with van der Waals surface area (Å²) in [5, 5.41) is 3.07. The summed E-state index contributed by atoms with van der Waals surface area (Å²) in [6.07, 6.45) is 3.27. The monoisotopic (exact) mass is 343 g/mol. The highest BCUT2D eigenvalue weighted by atomic mass is 32.1. The van der Waals surface area contributed by atoms with Gasteiger partial charge in [-0.3, -0.25) is 20.4 Å². The molecule has 0 atom stereocenters. The Bertz CT molecular complexity index is 761. The highest BCUT2D eigenvalue weighted by molar-refractivity contribution is 7.14. The molecule has 6 heteroatoms. The number of benzene rings is 1. The minimum atomic E-state index is -0.285. The van der Waals surface area contributed by atoms with Gasteiger partial charge in [-0.2, -0.15) is 0 Å². The van der Waals surface area contributed by atoms with Crippen molar-refractivity contribution in [3.8, 4) is 0 Å². The van der Waals surface area contributed by atoms with Crippen LogP contribution in [0.2, 0.25) is 0 Å². The van der Waals surface area contributed by atoms with E-state index < -0.39 is 0 Å². The van der Waals surface area contributed by atoms with E-state index in [1.165, 1.54) is 33.8 Å². The lowest BCUT2D eigenvalue weighted by molar-refractivity contribution is -0.120. The molecule has 1 aromatic carbocycles. The van der Waals surface area contributed by atoms with Crippen LogP contribution in [0.3, 0.4) is 0 Å². The van der Waals surface area contributed by atoms with Gasteiger partial charge in [0.2, 0.25) is 0 Å². The zero-order valence-electron chi connectivity index (χ0n) is 13.9. The van der Waals surface area contributed by atoms with Gasteiger partial charge < -0.3 is 5.32 Å². The number of hydrogen-bond donors (Lipinski definition) is 3. The molecule has 0 radical (unpaired) electrons. The van der Waals surface area contributed by atoms with Gasteiger partial charge in [0.1, 0.15) is 0 Å². The van der Waals surface area contributed by atoms with Gasteiger partial charge in [-0.15, -0.1) is 11.3 Å². The van der Waals surface area contributed by atoms with Crippen molar-refractivity contribution in [2.24, 2.45) is 0 Å². The summed E-state index contributed by atoms with van der Waals surface area (Å²) in [7, 11) is 0. The van der Waals surface area contributed by atoms with Gasteiger partial charge in [-0.1, -0.05) is 17.7 Å². The highest BCUT2D eigenvalue weighted by Gasteiger charge is 2.18. The fourth-order valence-corrected chi connectivity index (χ4v) is 4.01. The molecule has 0 saturated carbocycles. The Morgan fingerprint density at radius 1 is 1.12 bits per heavy atom. The molecule has 0 fully saturated rings. The molecule has 0 aliphatic heterocycles. The molecule has 1 aliphatic rings. The zero-order valence-corrected chi connectivity index (χ0v) is 14.7. The third-order valence-electron chi connectivity index (χ3n) is 4.11. The Morgan fingerprint density at radius 3 is 2.71 bits per heavy atom. The average molecular weight is 343 g/mol. The molecule has 1 heterocycles. The number of carbonyl (C=O) groups excluding carboxylic acids is 2. The average Bonchev–Trinajstić information content (AvgIpc) is 3.13. The number of hydrazine groups is 1. The SMILES string of the molecule is Cc1ccc(NCC(=O)NNC(=O)c2cc3c(s2)CCC3)c(C)c1. The van der Waals surface area contributed by atoms with Gasteiger partial charge >= 0.3 is 0 Å². The number of aryl methyl sites for hydroxylation is 4. The minimum absolute atomic E-state index is 0.102. The third kappa shape index (κ3) is 3.76. The maximum Gasteiger partial charge on any atom is 0.279 e. The van der Waals surface area contributed by atoms with E-state index in [2.05, 4.69) is 22.2 Å². The van der Waals surface area contributed by atoms with Gasteiger partial charge in [-0.25, -0.2) is 0 Å². The molecule has 24 heavy (non-hydrogen) atoms. The lowest BCUT2D eigenvalue weighted by Gasteiger charge is -2.11. The molecule has 0 bridgehead atoms. The summed E-state index contributed by atoms with van der Waals surface area (Å²) in [6, 6.07) is 7.93. The number of amides is 2. The van der Waals surface area contributed by atoms with E-state index in [-0.39, 0.29) is 18.4 Å². The summed E-state index contributed by atoms with van der Waals surface area (Å²) in [4.78, 5) is 25.9. The molecule has 2 aromatic rings. The maximum absolute atomic E-state index is 12.1. The topological polar surface area (TPSA) is 70.2 Å². The molecule has 126 valence electrons. The normalized spacial score (nSPS) is 12.6. The standard InChI is InChI=1S/C18H21N3O2S/c1-11-6-7-14(12(2)8-11)19-10-17(22)20-21-18(23)16-9-13-4-3-5-15(13)24-16/h6-9,19H,3-5,10H2,1-2H3,(H,20,22)(H,21,23). The second-order valence-electron chi connectivity index (χ2n) is 6.09. The Balaban J connectivity index is 1.47. The third-order valence-corrected chi connectivity index (χ3v) is 5.34. The van der Waals surface area contributed by atoms with Gasteiger partial charge in [0.05, 0.1) is 11.4 Å². The predicted octanol–water partition coefficient (Wildman–Crippen LogP) is 2.73. The number of carbonyl (C=O) groups is 2. The van der Waals surface area contributed by atoms with Gasteiger partial charge in [0.25, 0.3) is 11.8 Å². The number of rotatable bonds is 4. The Hall–Kier alpha value is -2.34. The lowest BCUT2D eigenvalue weighted by atomic mass is 10.1.